The number of amides is 1. The zero-order valence-electron chi connectivity index (χ0n) is 13.8. The van der Waals surface area contributed by atoms with Gasteiger partial charge in [-0.1, -0.05) is 12.1 Å². The number of benzene rings is 1. The molecule has 2 N–H and O–H groups in total. The van der Waals surface area contributed by atoms with E-state index in [1.807, 2.05) is 24.3 Å². The van der Waals surface area contributed by atoms with Crippen LogP contribution in [-0.4, -0.2) is 40.5 Å². The maximum absolute atomic E-state index is 12.0. The number of carbonyl (C=O) groups excluding carboxylic acids is 2. The third-order valence-electron chi connectivity index (χ3n) is 3.73. The van der Waals surface area contributed by atoms with E-state index in [4.69, 9.17) is 0 Å². The number of rotatable bonds is 6. The molecule has 0 fully saturated rings. The monoisotopic (exact) mass is 338 g/mol. The summed E-state index contributed by atoms with van der Waals surface area (Å²) < 4.78 is 4.59. The van der Waals surface area contributed by atoms with Gasteiger partial charge in [-0.3, -0.25) is 9.78 Å². The lowest BCUT2D eigenvalue weighted by atomic mass is 10.2. The summed E-state index contributed by atoms with van der Waals surface area (Å²) in [5, 5.41) is 2.81. The highest BCUT2D eigenvalue weighted by molar-refractivity contribution is 5.94. The number of esters is 1. The molecule has 25 heavy (non-hydrogen) atoms. The molecule has 0 bridgehead atoms. The molecule has 7 nitrogen and oxygen atoms in total. The van der Waals surface area contributed by atoms with Gasteiger partial charge >= 0.3 is 5.97 Å². The summed E-state index contributed by atoms with van der Waals surface area (Å²) in [5.74, 6) is 0.141. The number of para-hydroxylation sites is 2. The Balaban J connectivity index is 1.48. The van der Waals surface area contributed by atoms with E-state index in [0.29, 0.717) is 12.1 Å². The number of aryl methyl sites for hydroxylation is 1. The fourth-order valence-electron chi connectivity index (χ4n) is 2.44. The van der Waals surface area contributed by atoms with Crippen molar-refractivity contribution in [3.63, 3.8) is 0 Å². The van der Waals surface area contributed by atoms with Gasteiger partial charge in [0.15, 0.2) is 0 Å². The van der Waals surface area contributed by atoms with E-state index in [9.17, 15) is 9.59 Å². The molecule has 1 aromatic carbocycles. The number of carbonyl (C=O) groups is 2. The predicted octanol–water partition coefficient (Wildman–Crippen LogP) is 2.11. The first-order valence-electron chi connectivity index (χ1n) is 7.93. The SMILES string of the molecule is COC(=O)c1ccc(C(=O)NCCCc2nc3ccccc3[nH]2)nc1. The molecular formula is C18H18N4O3. The first-order valence-corrected chi connectivity index (χ1v) is 7.93. The molecule has 3 aromatic rings. The number of fused-ring (bicyclic) bond motifs is 1. The van der Waals surface area contributed by atoms with E-state index < -0.39 is 5.97 Å². The number of hydrogen-bond acceptors (Lipinski definition) is 5. The van der Waals surface area contributed by atoms with Gasteiger partial charge in [-0.15, -0.1) is 0 Å². The highest BCUT2D eigenvalue weighted by Gasteiger charge is 2.10. The topological polar surface area (TPSA) is 97.0 Å². The Labute approximate surface area is 144 Å². The van der Waals surface area contributed by atoms with E-state index in [0.717, 1.165) is 29.7 Å². The molecular weight excluding hydrogens is 320 g/mol. The van der Waals surface area contributed by atoms with Gasteiger partial charge in [0.2, 0.25) is 0 Å². The van der Waals surface area contributed by atoms with Gasteiger partial charge in [0.1, 0.15) is 11.5 Å². The Morgan fingerprint density at radius 3 is 2.76 bits per heavy atom. The van der Waals surface area contributed by atoms with Crippen molar-refractivity contribution in [3.8, 4) is 0 Å². The van der Waals surface area contributed by atoms with E-state index >= 15 is 0 Å². The van der Waals surface area contributed by atoms with Crippen molar-refractivity contribution in [2.75, 3.05) is 13.7 Å². The molecule has 7 heteroatoms. The lowest BCUT2D eigenvalue weighted by molar-refractivity contribution is 0.0599. The van der Waals surface area contributed by atoms with E-state index in [-0.39, 0.29) is 11.6 Å². The summed E-state index contributed by atoms with van der Waals surface area (Å²) >= 11 is 0. The Bertz CT molecular complexity index is 854. The number of methoxy groups -OCH3 is 1. The minimum Gasteiger partial charge on any atom is -0.465 e. The standard InChI is InChI=1S/C18H18N4O3/c1-25-18(24)12-8-9-15(20-11-12)17(23)19-10-4-7-16-21-13-5-2-3-6-14(13)22-16/h2-3,5-6,8-9,11H,4,7,10H2,1H3,(H,19,23)(H,21,22). The molecule has 1 amide bonds. The number of imidazole rings is 1. The highest BCUT2D eigenvalue weighted by Crippen LogP contribution is 2.11. The van der Waals surface area contributed by atoms with Crippen LogP contribution in [0.2, 0.25) is 0 Å². The number of aromatic nitrogens is 3. The first-order chi connectivity index (χ1) is 12.2. The number of ether oxygens (including phenoxy) is 1. The fraction of sp³-hybridized carbons (Fsp3) is 0.222. The minimum absolute atomic E-state index is 0.261. The van der Waals surface area contributed by atoms with Crippen molar-refractivity contribution in [2.45, 2.75) is 12.8 Å². The van der Waals surface area contributed by atoms with Crippen LogP contribution in [0.1, 0.15) is 33.1 Å². The van der Waals surface area contributed by atoms with Gasteiger partial charge in [0, 0.05) is 19.2 Å². The van der Waals surface area contributed by atoms with Gasteiger partial charge in [-0.2, -0.15) is 0 Å². The van der Waals surface area contributed by atoms with Crippen LogP contribution < -0.4 is 5.32 Å². The highest BCUT2D eigenvalue weighted by atomic mass is 16.5. The van der Waals surface area contributed by atoms with E-state index in [1.165, 1.54) is 25.4 Å². The van der Waals surface area contributed by atoms with Crippen LogP contribution in [0.15, 0.2) is 42.6 Å². The molecule has 3 rings (SSSR count). The van der Waals surface area contributed by atoms with Crippen molar-refractivity contribution in [1.82, 2.24) is 20.3 Å². The number of aromatic amines is 1. The van der Waals surface area contributed by atoms with Crippen LogP contribution >= 0.6 is 0 Å². The summed E-state index contributed by atoms with van der Waals surface area (Å²) in [6.07, 6.45) is 2.82. The van der Waals surface area contributed by atoms with Gasteiger partial charge in [0.05, 0.1) is 23.7 Å². The molecule has 0 saturated heterocycles. The van der Waals surface area contributed by atoms with Crippen LogP contribution in [0.4, 0.5) is 0 Å². The van der Waals surface area contributed by atoms with Crippen LogP contribution in [-0.2, 0) is 11.2 Å². The summed E-state index contributed by atoms with van der Waals surface area (Å²) in [4.78, 5) is 35.1. The second-order valence-electron chi connectivity index (χ2n) is 5.48. The van der Waals surface area contributed by atoms with Crippen molar-refractivity contribution < 1.29 is 14.3 Å². The summed E-state index contributed by atoms with van der Waals surface area (Å²) in [6, 6.07) is 10.9. The zero-order valence-corrected chi connectivity index (χ0v) is 13.8. The van der Waals surface area contributed by atoms with E-state index in [1.54, 1.807) is 0 Å². The average Bonchev–Trinajstić information content (AvgIpc) is 3.07. The van der Waals surface area contributed by atoms with Crippen molar-refractivity contribution in [3.05, 3.63) is 59.7 Å². The van der Waals surface area contributed by atoms with Crippen LogP contribution in [0, 0.1) is 0 Å². The van der Waals surface area contributed by atoms with Gasteiger partial charge in [-0.25, -0.2) is 9.78 Å². The number of pyridine rings is 1. The van der Waals surface area contributed by atoms with Crippen LogP contribution in [0.3, 0.4) is 0 Å². The third-order valence-corrected chi connectivity index (χ3v) is 3.73. The molecule has 128 valence electrons. The average molecular weight is 338 g/mol. The van der Waals surface area contributed by atoms with Crippen molar-refractivity contribution in [2.24, 2.45) is 0 Å². The third kappa shape index (κ3) is 4.00. The number of hydrogen-bond donors (Lipinski definition) is 2. The maximum atomic E-state index is 12.0. The molecule has 0 aliphatic heterocycles. The predicted molar refractivity (Wildman–Crippen MR) is 92.3 cm³/mol. The Morgan fingerprint density at radius 1 is 1.20 bits per heavy atom. The normalized spacial score (nSPS) is 10.6. The van der Waals surface area contributed by atoms with Gasteiger partial charge in [0.25, 0.3) is 5.91 Å². The summed E-state index contributed by atoms with van der Waals surface area (Å²) in [6.45, 7) is 0.510. The zero-order chi connectivity index (χ0) is 17.6. The van der Waals surface area contributed by atoms with E-state index in [2.05, 4.69) is 25.0 Å². The Kier molecular flexibility index (Phi) is 5.03. The minimum atomic E-state index is -0.481. The maximum Gasteiger partial charge on any atom is 0.339 e. The molecule has 0 radical (unpaired) electrons. The molecule has 0 spiro atoms. The molecule has 0 atom stereocenters. The Hall–Kier alpha value is -3.22. The molecule has 0 unspecified atom stereocenters. The fourth-order valence-corrected chi connectivity index (χ4v) is 2.44. The number of H-pyrrole nitrogens is 1. The lowest BCUT2D eigenvalue weighted by Gasteiger charge is -2.04. The quantitative estimate of drug-likeness (QED) is 0.530. The second kappa shape index (κ2) is 7.57. The number of nitrogens with zero attached hydrogens (tertiary/aromatic N) is 2. The second-order valence-corrected chi connectivity index (χ2v) is 5.48. The smallest absolute Gasteiger partial charge is 0.339 e. The molecule has 0 aliphatic carbocycles. The van der Waals surface area contributed by atoms with Gasteiger partial charge < -0.3 is 15.0 Å². The lowest BCUT2D eigenvalue weighted by Crippen LogP contribution is -2.25. The molecule has 0 saturated carbocycles. The Morgan fingerprint density at radius 2 is 2.04 bits per heavy atom. The largest absolute Gasteiger partial charge is 0.465 e. The van der Waals surface area contributed by atoms with Crippen LogP contribution in [0.25, 0.3) is 11.0 Å². The molecule has 2 aromatic heterocycles. The van der Waals surface area contributed by atoms with Crippen molar-refractivity contribution in [1.29, 1.82) is 0 Å². The summed E-state index contributed by atoms with van der Waals surface area (Å²) in [5.41, 5.74) is 2.52. The molecule has 2 heterocycles. The van der Waals surface area contributed by atoms with Crippen LogP contribution in [0.5, 0.6) is 0 Å². The summed E-state index contributed by atoms with van der Waals surface area (Å²) in [7, 11) is 1.30. The van der Waals surface area contributed by atoms with Crippen molar-refractivity contribution >= 4 is 22.9 Å². The number of nitrogens with one attached hydrogen (secondary N) is 2. The van der Waals surface area contributed by atoms with Gasteiger partial charge in [-0.05, 0) is 30.7 Å². The molecule has 0 aliphatic rings. The first kappa shape index (κ1) is 16.6.